The number of alkyl halides is 2. The molecule has 184 valence electrons. The minimum atomic E-state index is -3.21. The van der Waals surface area contributed by atoms with Crippen LogP contribution in [0.4, 0.5) is 8.78 Å². The molecule has 0 aliphatic carbocycles. The Labute approximate surface area is 188 Å². The van der Waals surface area contributed by atoms with Crippen LogP contribution in [0.2, 0.25) is 0 Å². The zero-order chi connectivity index (χ0) is 24.4. The first-order valence-corrected chi connectivity index (χ1v) is 10.1. The van der Waals surface area contributed by atoms with Gasteiger partial charge in [-0.05, 0) is 17.7 Å². The number of rotatable bonds is 12. The number of carboxylic acid groups (broad SMARTS) is 1. The monoisotopic (exact) mass is 475 g/mol. The summed E-state index contributed by atoms with van der Waals surface area (Å²) < 4.78 is 39.4. The SMILES string of the molecule is COc1ccc([C@@H](O)[C@H](NC(=O)[C@H](COC(F)F)NC(=O)CN2CCOCC2)C(=O)O)cc1. The Balaban J connectivity index is 2.07. The molecule has 1 fully saturated rings. The smallest absolute Gasteiger partial charge is 0.345 e. The lowest BCUT2D eigenvalue weighted by Crippen LogP contribution is -2.56. The first-order valence-electron chi connectivity index (χ1n) is 10.1. The summed E-state index contributed by atoms with van der Waals surface area (Å²) >= 11 is 0. The molecule has 1 heterocycles. The number of amides is 2. The molecule has 0 radical (unpaired) electrons. The topological polar surface area (TPSA) is 147 Å². The third kappa shape index (κ3) is 8.53. The maximum atomic E-state index is 12.7. The molecule has 0 unspecified atom stereocenters. The molecular weight excluding hydrogens is 448 g/mol. The van der Waals surface area contributed by atoms with Crippen molar-refractivity contribution in [3.8, 4) is 5.75 Å². The van der Waals surface area contributed by atoms with Gasteiger partial charge in [0.2, 0.25) is 11.8 Å². The Morgan fingerprint density at radius 2 is 1.79 bits per heavy atom. The van der Waals surface area contributed by atoms with Crippen LogP contribution in [0.5, 0.6) is 5.75 Å². The fourth-order valence-corrected chi connectivity index (χ4v) is 3.08. The molecule has 33 heavy (non-hydrogen) atoms. The average molecular weight is 475 g/mol. The van der Waals surface area contributed by atoms with Gasteiger partial charge >= 0.3 is 12.6 Å². The molecule has 1 aromatic carbocycles. The third-order valence-corrected chi connectivity index (χ3v) is 4.85. The average Bonchev–Trinajstić information content (AvgIpc) is 2.80. The summed E-state index contributed by atoms with van der Waals surface area (Å²) in [5.41, 5.74) is 0.167. The van der Waals surface area contributed by atoms with E-state index < -0.39 is 49.2 Å². The lowest BCUT2D eigenvalue weighted by molar-refractivity contribution is -0.152. The minimum absolute atomic E-state index is 0.112. The molecular formula is C20H27F2N3O8. The van der Waals surface area contributed by atoms with Gasteiger partial charge in [0.1, 0.15) is 17.9 Å². The van der Waals surface area contributed by atoms with Crippen LogP contribution < -0.4 is 15.4 Å². The summed E-state index contributed by atoms with van der Waals surface area (Å²) in [5, 5.41) is 24.3. The van der Waals surface area contributed by atoms with Crippen LogP contribution in [-0.2, 0) is 23.9 Å². The standard InChI is InChI=1S/C20H27F2N3O8/c1-31-13-4-2-12(3-5-13)17(27)16(19(29)30)24-18(28)14(11-33-20(21)22)23-15(26)10-25-6-8-32-9-7-25/h2-5,14,16-17,20,27H,6-11H2,1H3,(H,23,26)(H,24,28)(H,29,30)/t14-,16-,17+/m0/s1. The molecule has 4 N–H and O–H groups in total. The highest BCUT2D eigenvalue weighted by Gasteiger charge is 2.33. The molecule has 0 spiro atoms. The quantitative estimate of drug-likeness (QED) is 0.310. The number of ether oxygens (including phenoxy) is 3. The summed E-state index contributed by atoms with van der Waals surface area (Å²) in [6, 6.07) is 2.36. The van der Waals surface area contributed by atoms with Crippen LogP contribution >= 0.6 is 0 Å². The van der Waals surface area contributed by atoms with E-state index in [1.807, 2.05) is 0 Å². The van der Waals surface area contributed by atoms with Gasteiger partial charge in [-0.3, -0.25) is 14.5 Å². The van der Waals surface area contributed by atoms with Crippen molar-refractivity contribution in [1.82, 2.24) is 15.5 Å². The Bertz CT molecular complexity index is 790. The molecule has 1 aromatic rings. The van der Waals surface area contributed by atoms with Gasteiger partial charge in [0, 0.05) is 13.1 Å². The lowest BCUT2D eigenvalue weighted by Gasteiger charge is -2.27. The molecule has 1 aliphatic heterocycles. The highest BCUT2D eigenvalue weighted by molar-refractivity contribution is 5.91. The van der Waals surface area contributed by atoms with Gasteiger partial charge in [-0.2, -0.15) is 8.78 Å². The first kappa shape index (κ1) is 26.4. The summed E-state index contributed by atoms with van der Waals surface area (Å²) in [6.07, 6.45) is -1.67. The number of carbonyl (C=O) groups excluding carboxylic acids is 2. The fraction of sp³-hybridized carbons (Fsp3) is 0.550. The maximum absolute atomic E-state index is 12.7. The van der Waals surface area contributed by atoms with Crippen LogP contribution in [0, 0.1) is 0 Å². The molecule has 2 rings (SSSR count). The molecule has 0 saturated carbocycles. The third-order valence-electron chi connectivity index (χ3n) is 4.85. The van der Waals surface area contributed by atoms with Gasteiger partial charge in [0.05, 0.1) is 33.5 Å². The maximum Gasteiger partial charge on any atom is 0.345 e. The summed E-state index contributed by atoms with van der Waals surface area (Å²) in [6.45, 7) is -2.41. The van der Waals surface area contributed by atoms with Gasteiger partial charge < -0.3 is 35.1 Å². The number of aliphatic carboxylic acids is 1. The first-order chi connectivity index (χ1) is 15.7. The number of aliphatic hydroxyl groups excluding tert-OH is 1. The molecule has 1 aliphatic rings. The number of aliphatic hydroxyl groups is 1. The van der Waals surface area contributed by atoms with E-state index in [0.29, 0.717) is 32.1 Å². The molecule has 3 atom stereocenters. The van der Waals surface area contributed by atoms with Crippen molar-refractivity contribution >= 4 is 17.8 Å². The number of carbonyl (C=O) groups is 3. The number of morpholine rings is 1. The molecule has 11 nitrogen and oxygen atoms in total. The van der Waals surface area contributed by atoms with Crippen LogP contribution in [0.3, 0.4) is 0 Å². The van der Waals surface area contributed by atoms with Gasteiger partial charge in [-0.1, -0.05) is 12.1 Å². The number of hydrogen-bond acceptors (Lipinski definition) is 8. The van der Waals surface area contributed by atoms with Crippen molar-refractivity contribution in [2.75, 3.05) is 46.6 Å². The zero-order valence-corrected chi connectivity index (χ0v) is 17.9. The van der Waals surface area contributed by atoms with E-state index in [1.165, 1.54) is 31.4 Å². The second-order valence-electron chi connectivity index (χ2n) is 7.15. The largest absolute Gasteiger partial charge is 0.497 e. The van der Waals surface area contributed by atoms with E-state index in [1.54, 1.807) is 4.90 Å². The van der Waals surface area contributed by atoms with Crippen LogP contribution in [-0.4, -0.2) is 98.2 Å². The van der Waals surface area contributed by atoms with Gasteiger partial charge in [0.25, 0.3) is 0 Å². The number of nitrogens with one attached hydrogen (secondary N) is 2. The summed E-state index contributed by atoms with van der Waals surface area (Å²) in [4.78, 5) is 38.4. The predicted molar refractivity (Wildman–Crippen MR) is 109 cm³/mol. The summed E-state index contributed by atoms with van der Waals surface area (Å²) in [7, 11) is 1.43. The normalized spacial score (nSPS) is 17.1. The Morgan fingerprint density at radius 1 is 1.15 bits per heavy atom. The second-order valence-corrected chi connectivity index (χ2v) is 7.15. The zero-order valence-electron chi connectivity index (χ0n) is 17.9. The molecule has 2 amide bonds. The molecule has 0 bridgehead atoms. The lowest BCUT2D eigenvalue weighted by atomic mass is 10.0. The van der Waals surface area contributed by atoms with E-state index in [4.69, 9.17) is 9.47 Å². The van der Waals surface area contributed by atoms with E-state index in [2.05, 4.69) is 15.4 Å². The fourth-order valence-electron chi connectivity index (χ4n) is 3.08. The molecule has 0 aromatic heterocycles. The highest BCUT2D eigenvalue weighted by atomic mass is 19.3. The molecule has 13 heteroatoms. The number of nitrogens with zero attached hydrogens (tertiary/aromatic N) is 1. The minimum Gasteiger partial charge on any atom is -0.497 e. The van der Waals surface area contributed by atoms with Crippen LogP contribution in [0.1, 0.15) is 11.7 Å². The Hall–Kier alpha value is -2.87. The van der Waals surface area contributed by atoms with E-state index in [9.17, 15) is 33.4 Å². The van der Waals surface area contributed by atoms with E-state index in [-0.39, 0.29) is 12.1 Å². The highest BCUT2D eigenvalue weighted by Crippen LogP contribution is 2.20. The van der Waals surface area contributed by atoms with Crippen molar-refractivity contribution < 1.29 is 47.6 Å². The molecule has 1 saturated heterocycles. The number of carboxylic acids is 1. The van der Waals surface area contributed by atoms with Crippen molar-refractivity contribution in [3.05, 3.63) is 29.8 Å². The van der Waals surface area contributed by atoms with Crippen molar-refractivity contribution in [3.63, 3.8) is 0 Å². The van der Waals surface area contributed by atoms with Crippen LogP contribution in [0.25, 0.3) is 0 Å². The van der Waals surface area contributed by atoms with Gasteiger partial charge in [-0.25, -0.2) is 4.79 Å². The number of halogens is 2. The number of methoxy groups -OCH3 is 1. The number of benzene rings is 1. The van der Waals surface area contributed by atoms with E-state index >= 15 is 0 Å². The Morgan fingerprint density at radius 3 is 2.33 bits per heavy atom. The summed E-state index contributed by atoms with van der Waals surface area (Å²) in [5.74, 6) is -2.85. The van der Waals surface area contributed by atoms with Gasteiger partial charge in [0.15, 0.2) is 6.04 Å². The van der Waals surface area contributed by atoms with Crippen molar-refractivity contribution in [2.45, 2.75) is 24.8 Å². The predicted octanol–water partition coefficient (Wildman–Crippen LogP) is -0.646. The van der Waals surface area contributed by atoms with Crippen LogP contribution in [0.15, 0.2) is 24.3 Å². The van der Waals surface area contributed by atoms with Gasteiger partial charge in [-0.15, -0.1) is 0 Å². The van der Waals surface area contributed by atoms with Crippen molar-refractivity contribution in [1.29, 1.82) is 0 Å². The second kappa shape index (κ2) is 13.0. The Kier molecular flexibility index (Phi) is 10.4. The number of hydrogen-bond donors (Lipinski definition) is 4. The van der Waals surface area contributed by atoms with E-state index in [0.717, 1.165) is 0 Å². The van der Waals surface area contributed by atoms with Crippen molar-refractivity contribution in [2.24, 2.45) is 0 Å².